The number of carbonyl (C=O) groups excluding carboxylic acids is 2. The molecule has 0 saturated heterocycles. The van der Waals surface area contributed by atoms with Crippen molar-refractivity contribution in [1.82, 2.24) is 20.8 Å². The van der Waals surface area contributed by atoms with Gasteiger partial charge in [0.05, 0.1) is 10.6 Å². The molecule has 2 aromatic heterocycles. The van der Waals surface area contributed by atoms with E-state index in [2.05, 4.69) is 20.8 Å². The van der Waals surface area contributed by atoms with Gasteiger partial charge in [0.2, 0.25) is 5.91 Å². The number of amides is 2. The van der Waals surface area contributed by atoms with E-state index in [-0.39, 0.29) is 11.8 Å². The molecule has 0 unspecified atom stereocenters. The topological polar surface area (TPSA) is 86.9 Å². The third-order valence-corrected chi connectivity index (χ3v) is 4.31. The smallest absolute Gasteiger partial charge is 0.262 e. The number of hydrogen-bond donors (Lipinski definition) is 3. The van der Waals surface area contributed by atoms with E-state index in [4.69, 9.17) is 0 Å². The number of nitrogens with one attached hydrogen (secondary N) is 3. The van der Waals surface area contributed by atoms with Gasteiger partial charge in [0.1, 0.15) is 5.54 Å². The van der Waals surface area contributed by atoms with Gasteiger partial charge in [-0.3, -0.25) is 14.7 Å². The molecule has 0 aromatic carbocycles. The number of H-pyrrole nitrogens is 1. The van der Waals surface area contributed by atoms with Crippen LogP contribution in [0.15, 0.2) is 17.5 Å². The highest BCUT2D eigenvalue weighted by atomic mass is 32.1. The second-order valence-electron chi connectivity index (χ2n) is 5.65. The monoisotopic (exact) mass is 320 g/mol. The Kier molecular flexibility index (Phi) is 4.65. The molecule has 0 aliphatic carbocycles. The van der Waals surface area contributed by atoms with Crippen molar-refractivity contribution in [1.29, 1.82) is 0 Å². The zero-order chi connectivity index (χ0) is 16.3. The molecule has 0 bridgehead atoms. The number of rotatable bonds is 5. The molecular weight excluding hydrogens is 300 g/mol. The average molecular weight is 320 g/mol. The molecule has 0 spiro atoms. The Morgan fingerprint density at radius 2 is 2.09 bits per heavy atom. The Labute approximate surface area is 133 Å². The van der Waals surface area contributed by atoms with Gasteiger partial charge >= 0.3 is 0 Å². The van der Waals surface area contributed by atoms with E-state index in [1.807, 2.05) is 19.2 Å². The van der Waals surface area contributed by atoms with Crippen molar-refractivity contribution in [2.45, 2.75) is 39.8 Å². The summed E-state index contributed by atoms with van der Waals surface area (Å²) in [6.45, 7) is 7.54. The highest BCUT2D eigenvalue weighted by molar-refractivity contribution is 7.12. The van der Waals surface area contributed by atoms with Crippen LogP contribution in [0.3, 0.4) is 0 Å². The fourth-order valence-corrected chi connectivity index (χ4v) is 2.65. The largest absolute Gasteiger partial charge is 0.350 e. The highest BCUT2D eigenvalue weighted by Crippen LogP contribution is 2.12. The van der Waals surface area contributed by atoms with Crippen molar-refractivity contribution in [3.05, 3.63) is 39.3 Å². The Hall–Kier alpha value is -2.15. The van der Waals surface area contributed by atoms with Gasteiger partial charge in [-0.1, -0.05) is 6.07 Å². The van der Waals surface area contributed by atoms with Crippen LogP contribution in [0.2, 0.25) is 0 Å². The van der Waals surface area contributed by atoms with Crippen LogP contribution in [0.1, 0.15) is 40.5 Å². The van der Waals surface area contributed by atoms with E-state index in [1.54, 1.807) is 26.0 Å². The van der Waals surface area contributed by atoms with Gasteiger partial charge in [-0.15, -0.1) is 11.3 Å². The Morgan fingerprint density at radius 3 is 2.64 bits per heavy atom. The summed E-state index contributed by atoms with van der Waals surface area (Å²) >= 11 is 1.34. The lowest BCUT2D eigenvalue weighted by Gasteiger charge is -2.25. The van der Waals surface area contributed by atoms with Gasteiger partial charge in [0.25, 0.3) is 5.91 Å². The minimum Gasteiger partial charge on any atom is -0.350 e. The maximum atomic E-state index is 12.3. The molecular formula is C15H20N4O2S. The van der Waals surface area contributed by atoms with Crippen LogP contribution in [0.4, 0.5) is 0 Å². The van der Waals surface area contributed by atoms with Crippen molar-refractivity contribution in [3.63, 3.8) is 0 Å². The summed E-state index contributed by atoms with van der Waals surface area (Å²) in [6.07, 6.45) is 0. The molecule has 6 nitrogen and oxygen atoms in total. The third kappa shape index (κ3) is 3.54. The van der Waals surface area contributed by atoms with Crippen LogP contribution in [0, 0.1) is 13.8 Å². The van der Waals surface area contributed by atoms with Gasteiger partial charge in [-0.25, -0.2) is 0 Å². The maximum Gasteiger partial charge on any atom is 0.262 e. The van der Waals surface area contributed by atoms with Crippen LogP contribution < -0.4 is 10.6 Å². The first-order valence-electron chi connectivity index (χ1n) is 6.96. The molecule has 2 aromatic rings. The van der Waals surface area contributed by atoms with Crippen molar-refractivity contribution < 1.29 is 9.59 Å². The second-order valence-corrected chi connectivity index (χ2v) is 6.60. The molecule has 118 valence electrons. The molecule has 2 rings (SSSR count). The summed E-state index contributed by atoms with van der Waals surface area (Å²) in [7, 11) is 0. The third-order valence-electron chi connectivity index (χ3n) is 3.45. The van der Waals surface area contributed by atoms with Gasteiger partial charge in [0, 0.05) is 17.8 Å². The summed E-state index contributed by atoms with van der Waals surface area (Å²) in [4.78, 5) is 25.0. The van der Waals surface area contributed by atoms with Crippen LogP contribution in [0.5, 0.6) is 0 Å². The number of aromatic nitrogens is 2. The van der Waals surface area contributed by atoms with Crippen LogP contribution in [-0.2, 0) is 11.3 Å². The molecule has 0 radical (unpaired) electrons. The number of thiophene rings is 1. The lowest BCUT2D eigenvalue weighted by Crippen LogP contribution is -2.54. The van der Waals surface area contributed by atoms with Gasteiger partial charge < -0.3 is 10.6 Å². The molecule has 0 aliphatic heterocycles. The van der Waals surface area contributed by atoms with Gasteiger partial charge in [0.15, 0.2) is 0 Å². The Bertz CT molecular complexity index is 654. The van der Waals surface area contributed by atoms with Gasteiger partial charge in [-0.2, -0.15) is 5.10 Å². The number of nitrogens with zero attached hydrogens (tertiary/aromatic N) is 1. The first kappa shape index (κ1) is 16.2. The summed E-state index contributed by atoms with van der Waals surface area (Å²) in [6, 6.07) is 3.53. The number of aryl methyl sites for hydroxylation is 2. The van der Waals surface area contributed by atoms with Crippen LogP contribution in [0.25, 0.3) is 0 Å². The van der Waals surface area contributed by atoms with E-state index >= 15 is 0 Å². The van der Waals surface area contributed by atoms with E-state index in [9.17, 15) is 9.59 Å². The summed E-state index contributed by atoms with van der Waals surface area (Å²) < 4.78 is 0. The van der Waals surface area contributed by atoms with E-state index in [1.165, 1.54) is 11.3 Å². The molecule has 0 atom stereocenters. The lowest BCUT2D eigenvalue weighted by atomic mass is 10.0. The van der Waals surface area contributed by atoms with Crippen molar-refractivity contribution >= 4 is 23.2 Å². The van der Waals surface area contributed by atoms with Gasteiger partial charge in [-0.05, 0) is 39.1 Å². The SMILES string of the molecule is Cc1n[nH]c(C)c1CNC(=O)C(C)(C)NC(=O)c1cccs1. The molecule has 0 fully saturated rings. The molecule has 0 saturated carbocycles. The maximum absolute atomic E-state index is 12.3. The fourth-order valence-electron chi connectivity index (χ4n) is 2.03. The first-order valence-corrected chi connectivity index (χ1v) is 7.84. The van der Waals surface area contributed by atoms with Crippen molar-refractivity contribution in [2.75, 3.05) is 0 Å². The number of hydrogen-bond acceptors (Lipinski definition) is 4. The molecule has 22 heavy (non-hydrogen) atoms. The Balaban J connectivity index is 1.97. The van der Waals surface area contributed by atoms with E-state index in [0.717, 1.165) is 17.0 Å². The summed E-state index contributed by atoms with van der Waals surface area (Å²) in [5, 5.41) is 14.4. The van der Waals surface area contributed by atoms with Crippen LogP contribution in [-0.4, -0.2) is 27.6 Å². The zero-order valence-corrected chi connectivity index (χ0v) is 13.9. The minimum atomic E-state index is -0.993. The molecule has 7 heteroatoms. The quantitative estimate of drug-likeness (QED) is 0.786. The minimum absolute atomic E-state index is 0.239. The van der Waals surface area contributed by atoms with Crippen molar-refractivity contribution in [3.8, 4) is 0 Å². The molecule has 0 aliphatic rings. The van der Waals surface area contributed by atoms with Crippen LogP contribution >= 0.6 is 11.3 Å². The number of carbonyl (C=O) groups is 2. The van der Waals surface area contributed by atoms with E-state index < -0.39 is 5.54 Å². The highest BCUT2D eigenvalue weighted by Gasteiger charge is 2.30. The average Bonchev–Trinajstić information content (AvgIpc) is 3.07. The predicted molar refractivity (Wildman–Crippen MR) is 85.8 cm³/mol. The summed E-state index contributed by atoms with van der Waals surface area (Å²) in [5.41, 5.74) is 1.76. The molecule has 2 heterocycles. The predicted octanol–water partition coefficient (Wildman–Crippen LogP) is 1.91. The first-order chi connectivity index (χ1) is 10.3. The molecule has 3 N–H and O–H groups in total. The number of aromatic amines is 1. The zero-order valence-electron chi connectivity index (χ0n) is 13.1. The van der Waals surface area contributed by atoms with E-state index in [0.29, 0.717) is 11.4 Å². The Morgan fingerprint density at radius 1 is 1.36 bits per heavy atom. The summed E-state index contributed by atoms with van der Waals surface area (Å²) in [5.74, 6) is -0.483. The standard InChI is InChI=1S/C15H20N4O2S/c1-9-11(10(2)19-18-9)8-16-14(21)15(3,4)17-13(20)12-6-5-7-22-12/h5-7H,8H2,1-4H3,(H,16,21)(H,17,20)(H,18,19). The normalized spacial score (nSPS) is 11.3. The second kappa shape index (κ2) is 6.31. The molecule has 2 amide bonds. The van der Waals surface area contributed by atoms with Crippen molar-refractivity contribution in [2.24, 2.45) is 0 Å². The lowest BCUT2D eigenvalue weighted by molar-refractivity contribution is -0.126. The fraction of sp³-hybridized carbons (Fsp3) is 0.400.